The number of aliphatic hydroxyl groups is 1. The van der Waals surface area contributed by atoms with Crippen LogP contribution >= 0.6 is 12.4 Å². The summed E-state index contributed by atoms with van der Waals surface area (Å²) in [5.41, 5.74) is 1.44. The molecule has 0 aromatic heterocycles. The summed E-state index contributed by atoms with van der Waals surface area (Å²) in [4.78, 5) is 0. The Hall–Kier alpha value is -1.59. The largest absolute Gasteiger partial charge is 0.483 e. The molecular formula is C22H31ClN2O2. The lowest BCUT2D eigenvalue weighted by molar-refractivity contribution is -0.170. The maximum absolute atomic E-state index is 11.6. The van der Waals surface area contributed by atoms with Crippen LogP contribution in [-0.2, 0) is 6.42 Å². The highest BCUT2D eigenvalue weighted by Gasteiger charge is 2.55. The summed E-state index contributed by atoms with van der Waals surface area (Å²) >= 11 is 0. The van der Waals surface area contributed by atoms with Crippen molar-refractivity contribution in [1.29, 1.82) is 0 Å². The molecule has 3 rings (SSSR count). The standard InChI is InChI=1S/C22H30N2O2.ClH/c1-5-24-22(25)20(23-14-13-17-9-7-6-8-10-17)18-12-11-16(2)15-19(18)26-21(22,3)4;/h6-12,15,20,23-25H,5,13-14H2,1-4H3;1H/t20-,22?;/m0./s1. The number of fused-ring (bicyclic) bond motifs is 1. The fourth-order valence-electron chi connectivity index (χ4n) is 3.74. The molecule has 0 aliphatic carbocycles. The Balaban J connectivity index is 0.00000261. The van der Waals surface area contributed by atoms with Crippen molar-refractivity contribution in [1.82, 2.24) is 10.6 Å². The van der Waals surface area contributed by atoms with Gasteiger partial charge in [0.2, 0.25) is 0 Å². The van der Waals surface area contributed by atoms with Gasteiger partial charge in [-0.3, -0.25) is 5.32 Å². The third-order valence-corrected chi connectivity index (χ3v) is 5.23. The zero-order valence-corrected chi connectivity index (χ0v) is 17.4. The maximum Gasteiger partial charge on any atom is 0.175 e. The second-order valence-corrected chi connectivity index (χ2v) is 7.57. The molecule has 0 radical (unpaired) electrons. The number of halogens is 1. The summed E-state index contributed by atoms with van der Waals surface area (Å²) < 4.78 is 6.21. The molecular weight excluding hydrogens is 360 g/mol. The van der Waals surface area contributed by atoms with E-state index in [0.717, 1.165) is 29.8 Å². The summed E-state index contributed by atoms with van der Waals surface area (Å²) in [5, 5.41) is 18.4. The van der Waals surface area contributed by atoms with E-state index in [0.29, 0.717) is 6.54 Å². The first kappa shape index (κ1) is 21.7. The quantitative estimate of drug-likeness (QED) is 0.657. The highest BCUT2D eigenvalue weighted by molar-refractivity contribution is 5.85. The first-order chi connectivity index (χ1) is 12.4. The van der Waals surface area contributed by atoms with Crippen LogP contribution in [0.4, 0.5) is 0 Å². The van der Waals surface area contributed by atoms with Crippen molar-refractivity contribution in [3.05, 3.63) is 65.2 Å². The fourth-order valence-corrected chi connectivity index (χ4v) is 3.74. The molecule has 4 nitrogen and oxygen atoms in total. The van der Waals surface area contributed by atoms with Crippen molar-refractivity contribution in [3.63, 3.8) is 0 Å². The van der Waals surface area contributed by atoms with Crippen LogP contribution in [0.3, 0.4) is 0 Å². The normalized spacial score (nSPS) is 23.1. The van der Waals surface area contributed by atoms with Crippen LogP contribution in [0.25, 0.3) is 0 Å². The number of hydrogen-bond donors (Lipinski definition) is 3. The molecule has 0 saturated carbocycles. The average molecular weight is 391 g/mol. The van der Waals surface area contributed by atoms with Gasteiger partial charge in [0, 0.05) is 5.56 Å². The molecule has 1 aliphatic heterocycles. The van der Waals surface area contributed by atoms with Crippen molar-refractivity contribution < 1.29 is 9.84 Å². The van der Waals surface area contributed by atoms with Crippen molar-refractivity contribution in [2.75, 3.05) is 13.1 Å². The van der Waals surface area contributed by atoms with Crippen LogP contribution in [0, 0.1) is 6.92 Å². The van der Waals surface area contributed by atoms with E-state index in [1.807, 2.05) is 26.8 Å². The van der Waals surface area contributed by atoms with Gasteiger partial charge in [-0.15, -0.1) is 12.4 Å². The number of hydrogen-bond acceptors (Lipinski definition) is 4. The molecule has 0 bridgehead atoms. The molecule has 2 aromatic carbocycles. The van der Waals surface area contributed by atoms with Crippen molar-refractivity contribution in [3.8, 4) is 5.75 Å². The molecule has 0 saturated heterocycles. The van der Waals surface area contributed by atoms with Crippen LogP contribution in [0.15, 0.2) is 48.5 Å². The van der Waals surface area contributed by atoms with Gasteiger partial charge in [-0.25, -0.2) is 0 Å². The molecule has 27 heavy (non-hydrogen) atoms. The molecule has 0 amide bonds. The van der Waals surface area contributed by atoms with E-state index in [1.165, 1.54) is 5.56 Å². The van der Waals surface area contributed by atoms with Gasteiger partial charge in [-0.1, -0.05) is 49.4 Å². The predicted octanol–water partition coefficient (Wildman–Crippen LogP) is 3.76. The minimum Gasteiger partial charge on any atom is -0.483 e. The van der Waals surface area contributed by atoms with Crippen LogP contribution in [-0.4, -0.2) is 29.5 Å². The number of rotatable bonds is 6. The summed E-state index contributed by atoms with van der Waals surface area (Å²) in [6.45, 7) is 9.35. The SMILES string of the molecule is CCNC1(O)[C@@H](NCCc2ccccc2)c2ccc(C)cc2OC1(C)C.Cl. The number of nitrogens with one attached hydrogen (secondary N) is 2. The van der Waals surface area contributed by atoms with Crippen molar-refractivity contribution in [2.24, 2.45) is 0 Å². The van der Waals surface area contributed by atoms with Gasteiger partial charge >= 0.3 is 0 Å². The predicted molar refractivity (Wildman–Crippen MR) is 113 cm³/mol. The zero-order chi connectivity index (χ0) is 18.8. The van der Waals surface area contributed by atoms with Gasteiger partial charge < -0.3 is 15.2 Å². The lowest BCUT2D eigenvalue weighted by Crippen LogP contribution is -2.70. The lowest BCUT2D eigenvalue weighted by Gasteiger charge is -2.51. The topological polar surface area (TPSA) is 53.5 Å². The van der Waals surface area contributed by atoms with E-state index in [1.54, 1.807) is 0 Å². The first-order valence-electron chi connectivity index (χ1n) is 9.41. The molecule has 3 N–H and O–H groups in total. The molecule has 2 aromatic rings. The third-order valence-electron chi connectivity index (χ3n) is 5.23. The van der Waals surface area contributed by atoms with Crippen molar-refractivity contribution in [2.45, 2.75) is 51.5 Å². The van der Waals surface area contributed by atoms with E-state index in [-0.39, 0.29) is 18.4 Å². The highest BCUT2D eigenvalue weighted by atomic mass is 35.5. The van der Waals surface area contributed by atoms with E-state index >= 15 is 0 Å². The molecule has 1 aliphatic rings. The summed E-state index contributed by atoms with van der Waals surface area (Å²) in [6.07, 6.45) is 0.905. The lowest BCUT2D eigenvalue weighted by atomic mass is 9.80. The Morgan fingerprint density at radius 3 is 2.48 bits per heavy atom. The molecule has 1 heterocycles. The maximum atomic E-state index is 11.6. The average Bonchev–Trinajstić information content (AvgIpc) is 2.59. The van der Waals surface area contributed by atoms with Crippen molar-refractivity contribution >= 4 is 12.4 Å². The van der Waals surface area contributed by atoms with Crippen LogP contribution in [0.1, 0.15) is 43.5 Å². The number of aryl methyl sites for hydroxylation is 1. The van der Waals surface area contributed by atoms with E-state index in [9.17, 15) is 5.11 Å². The highest BCUT2D eigenvalue weighted by Crippen LogP contribution is 2.45. The van der Waals surface area contributed by atoms with Gasteiger partial charge in [0.1, 0.15) is 11.4 Å². The summed E-state index contributed by atoms with van der Waals surface area (Å²) in [7, 11) is 0. The molecule has 2 atom stereocenters. The van der Waals surface area contributed by atoms with Gasteiger partial charge in [0.05, 0.1) is 6.04 Å². The van der Waals surface area contributed by atoms with Crippen LogP contribution in [0.2, 0.25) is 0 Å². The molecule has 0 fully saturated rings. The number of likely N-dealkylation sites (N-methyl/N-ethyl adjacent to an activating group) is 1. The Labute approximate surface area is 168 Å². The number of ether oxygens (including phenoxy) is 1. The second-order valence-electron chi connectivity index (χ2n) is 7.57. The van der Waals surface area contributed by atoms with Gasteiger partial charge in [0.25, 0.3) is 0 Å². The summed E-state index contributed by atoms with van der Waals surface area (Å²) in [6, 6.07) is 16.3. The second kappa shape index (κ2) is 8.61. The number of benzene rings is 2. The minimum absolute atomic E-state index is 0. The zero-order valence-electron chi connectivity index (χ0n) is 16.6. The van der Waals surface area contributed by atoms with Gasteiger partial charge in [-0.05, 0) is 57.5 Å². The molecule has 148 valence electrons. The Kier molecular flexibility index (Phi) is 6.92. The van der Waals surface area contributed by atoms with Gasteiger partial charge in [-0.2, -0.15) is 0 Å². The van der Waals surface area contributed by atoms with E-state index in [4.69, 9.17) is 4.74 Å². The van der Waals surface area contributed by atoms with E-state index < -0.39 is 11.3 Å². The van der Waals surface area contributed by atoms with Gasteiger partial charge in [0.15, 0.2) is 5.72 Å². The molecule has 5 heteroatoms. The molecule has 1 unspecified atom stereocenters. The molecule has 0 spiro atoms. The summed E-state index contributed by atoms with van der Waals surface area (Å²) in [5.74, 6) is 0.842. The minimum atomic E-state index is -1.21. The smallest absolute Gasteiger partial charge is 0.175 e. The Morgan fingerprint density at radius 1 is 1.11 bits per heavy atom. The van der Waals surface area contributed by atoms with E-state index in [2.05, 4.69) is 60.0 Å². The third kappa shape index (κ3) is 4.30. The van der Waals surface area contributed by atoms with Crippen LogP contribution in [0.5, 0.6) is 5.75 Å². The van der Waals surface area contributed by atoms with Crippen LogP contribution < -0.4 is 15.4 Å². The Morgan fingerprint density at radius 2 is 1.81 bits per heavy atom. The first-order valence-corrected chi connectivity index (χ1v) is 9.41. The Bertz CT molecular complexity index is 751. The monoisotopic (exact) mass is 390 g/mol. The fraction of sp³-hybridized carbons (Fsp3) is 0.455.